The molecule has 0 bridgehead atoms. The molecule has 0 aromatic heterocycles. The normalized spacial score (nSPS) is 11.4. The lowest BCUT2D eigenvalue weighted by Crippen LogP contribution is -2.28. The molecule has 1 heteroatoms. The van der Waals surface area contributed by atoms with Crippen LogP contribution in [0.5, 0.6) is 0 Å². The molecule has 2 aromatic carbocycles. The van der Waals surface area contributed by atoms with Gasteiger partial charge >= 0.3 is 0 Å². The maximum Gasteiger partial charge on any atom is 0.0400 e. The van der Waals surface area contributed by atoms with Crippen molar-refractivity contribution in [3.8, 4) is 0 Å². The minimum absolute atomic E-state index is 0.116. The summed E-state index contributed by atoms with van der Waals surface area (Å²) in [5, 5.41) is 3.65. The lowest BCUT2D eigenvalue weighted by Gasteiger charge is -2.27. The quantitative estimate of drug-likeness (QED) is 0.822. The molecule has 0 unspecified atom stereocenters. The van der Waals surface area contributed by atoms with Gasteiger partial charge in [0, 0.05) is 17.6 Å². The van der Waals surface area contributed by atoms with E-state index in [1.54, 1.807) is 0 Å². The molecule has 20 heavy (non-hydrogen) atoms. The molecule has 0 aliphatic heterocycles. The molecule has 0 spiro atoms. The van der Waals surface area contributed by atoms with Crippen molar-refractivity contribution in [1.82, 2.24) is 0 Å². The summed E-state index contributed by atoms with van der Waals surface area (Å²) in [6.07, 6.45) is 0. The molecular formula is C19H25N. The zero-order valence-electron chi connectivity index (χ0n) is 13.2. The fourth-order valence-corrected chi connectivity index (χ4v) is 2.76. The summed E-state index contributed by atoms with van der Waals surface area (Å²) in [5.74, 6) is 0. The van der Waals surface area contributed by atoms with E-state index in [1.165, 1.54) is 27.9 Å². The molecule has 0 atom stereocenters. The summed E-state index contributed by atoms with van der Waals surface area (Å²) in [5.41, 5.74) is 6.74. The van der Waals surface area contributed by atoms with Crippen LogP contribution in [0.25, 0.3) is 0 Å². The van der Waals surface area contributed by atoms with E-state index in [2.05, 4.69) is 82.4 Å². The molecule has 0 saturated carbocycles. The van der Waals surface area contributed by atoms with Crippen LogP contribution in [0.4, 0.5) is 5.69 Å². The van der Waals surface area contributed by atoms with E-state index < -0.39 is 0 Å². The Morgan fingerprint density at radius 3 is 2.00 bits per heavy atom. The summed E-state index contributed by atoms with van der Waals surface area (Å²) in [7, 11) is 0. The van der Waals surface area contributed by atoms with Crippen molar-refractivity contribution in [2.24, 2.45) is 0 Å². The van der Waals surface area contributed by atoms with Gasteiger partial charge in [-0.15, -0.1) is 0 Å². The van der Waals surface area contributed by atoms with Crippen LogP contribution in [-0.2, 0) is 5.41 Å². The Labute approximate surface area is 123 Å². The third kappa shape index (κ3) is 3.22. The van der Waals surface area contributed by atoms with Crippen molar-refractivity contribution in [3.05, 3.63) is 64.7 Å². The van der Waals surface area contributed by atoms with E-state index in [9.17, 15) is 0 Å². The molecule has 0 aliphatic carbocycles. The Kier molecular flexibility index (Phi) is 4.17. The average Bonchev–Trinajstić information content (AvgIpc) is 2.38. The van der Waals surface area contributed by atoms with Gasteiger partial charge in [0.15, 0.2) is 0 Å². The molecule has 0 aliphatic rings. The molecule has 2 rings (SSSR count). The van der Waals surface area contributed by atoms with Gasteiger partial charge in [0.1, 0.15) is 0 Å². The molecular weight excluding hydrogens is 242 g/mol. The number of hydrogen-bond donors (Lipinski definition) is 1. The van der Waals surface area contributed by atoms with Crippen LogP contribution in [0.1, 0.15) is 36.1 Å². The maximum atomic E-state index is 3.65. The first kappa shape index (κ1) is 14.6. The summed E-state index contributed by atoms with van der Waals surface area (Å²) < 4.78 is 0. The number of anilines is 1. The minimum atomic E-state index is 0.116. The van der Waals surface area contributed by atoms with Crippen LogP contribution in [0, 0.1) is 20.8 Å². The summed E-state index contributed by atoms with van der Waals surface area (Å²) >= 11 is 0. The summed E-state index contributed by atoms with van der Waals surface area (Å²) in [4.78, 5) is 0. The first-order valence-electron chi connectivity index (χ1n) is 7.27. The predicted octanol–water partition coefficient (Wildman–Crippen LogP) is 5.00. The second kappa shape index (κ2) is 5.70. The second-order valence-corrected chi connectivity index (χ2v) is 6.38. The van der Waals surface area contributed by atoms with E-state index in [0.29, 0.717) is 0 Å². The Morgan fingerprint density at radius 2 is 1.45 bits per heavy atom. The zero-order valence-corrected chi connectivity index (χ0v) is 13.2. The maximum absolute atomic E-state index is 3.65. The zero-order chi connectivity index (χ0) is 14.8. The first-order valence-corrected chi connectivity index (χ1v) is 7.27. The Bertz CT molecular complexity index is 559. The van der Waals surface area contributed by atoms with Crippen molar-refractivity contribution in [2.45, 2.75) is 40.0 Å². The fraction of sp³-hybridized carbons (Fsp3) is 0.368. The third-order valence-electron chi connectivity index (χ3n) is 3.94. The van der Waals surface area contributed by atoms with Crippen LogP contribution in [0.15, 0.2) is 42.5 Å². The monoisotopic (exact) mass is 267 g/mol. The SMILES string of the molecule is Cc1cc(C)c(NCC(C)(C)c2ccccc2)c(C)c1. The van der Waals surface area contributed by atoms with Gasteiger partial charge in [-0.05, 0) is 37.5 Å². The molecule has 0 saturated heterocycles. The first-order chi connectivity index (χ1) is 9.40. The topological polar surface area (TPSA) is 12.0 Å². The highest BCUT2D eigenvalue weighted by molar-refractivity contribution is 5.58. The standard InChI is InChI=1S/C19H25N/c1-14-11-15(2)18(16(3)12-14)20-13-19(4,5)17-9-7-6-8-10-17/h6-12,20H,13H2,1-5H3. The van der Waals surface area contributed by atoms with Crippen molar-refractivity contribution < 1.29 is 0 Å². The van der Waals surface area contributed by atoms with E-state index in [1.807, 2.05) is 0 Å². The number of benzene rings is 2. The van der Waals surface area contributed by atoms with Gasteiger partial charge in [0.25, 0.3) is 0 Å². The van der Waals surface area contributed by atoms with Crippen LogP contribution in [0.3, 0.4) is 0 Å². The highest BCUT2D eigenvalue weighted by Gasteiger charge is 2.20. The highest BCUT2D eigenvalue weighted by atomic mass is 14.9. The molecule has 0 fully saturated rings. The lowest BCUT2D eigenvalue weighted by atomic mass is 9.84. The number of aryl methyl sites for hydroxylation is 3. The molecule has 0 heterocycles. The molecule has 1 nitrogen and oxygen atoms in total. The fourth-order valence-electron chi connectivity index (χ4n) is 2.76. The molecule has 0 radical (unpaired) electrons. The van der Waals surface area contributed by atoms with E-state index in [4.69, 9.17) is 0 Å². The van der Waals surface area contributed by atoms with E-state index >= 15 is 0 Å². The summed E-state index contributed by atoms with van der Waals surface area (Å²) in [6.45, 7) is 12.0. The Morgan fingerprint density at radius 1 is 0.900 bits per heavy atom. The Balaban J connectivity index is 2.17. The van der Waals surface area contributed by atoms with Gasteiger partial charge in [-0.2, -0.15) is 0 Å². The molecule has 106 valence electrons. The largest absolute Gasteiger partial charge is 0.384 e. The van der Waals surface area contributed by atoms with Gasteiger partial charge in [-0.1, -0.05) is 61.9 Å². The number of hydrogen-bond acceptors (Lipinski definition) is 1. The van der Waals surface area contributed by atoms with Gasteiger partial charge in [-0.25, -0.2) is 0 Å². The van der Waals surface area contributed by atoms with Gasteiger partial charge in [0.05, 0.1) is 0 Å². The summed E-state index contributed by atoms with van der Waals surface area (Å²) in [6, 6.07) is 15.2. The predicted molar refractivity (Wildman–Crippen MR) is 88.6 cm³/mol. The van der Waals surface area contributed by atoms with E-state index in [-0.39, 0.29) is 5.41 Å². The van der Waals surface area contributed by atoms with Crippen molar-refractivity contribution in [1.29, 1.82) is 0 Å². The van der Waals surface area contributed by atoms with Gasteiger partial charge in [-0.3, -0.25) is 0 Å². The second-order valence-electron chi connectivity index (χ2n) is 6.38. The van der Waals surface area contributed by atoms with Gasteiger partial charge in [0.2, 0.25) is 0 Å². The minimum Gasteiger partial charge on any atom is -0.384 e. The van der Waals surface area contributed by atoms with Crippen molar-refractivity contribution in [3.63, 3.8) is 0 Å². The van der Waals surface area contributed by atoms with E-state index in [0.717, 1.165) is 6.54 Å². The number of rotatable bonds is 4. The van der Waals surface area contributed by atoms with Gasteiger partial charge < -0.3 is 5.32 Å². The highest BCUT2D eigenvalue weighted by Crippen LogP contribution is 2.26. The number of nitrogens with one attached hydrogen (secondary N) is 1. The van der Waals surface area contributed by atoms with Crippen molar-refractivity contribution >= 4 is 5.69 Å². The third-order valence-corrected chi connectivity index (χ3v) is 3.94. The molecule has 2 aromatic rings. The van der Waals surface area contributed by atoms with Crippen LogP contribution < -0.4 is 5.32 Å². The Hall–Kier alpha value is -1.76. The molecule has 1 N–H and O–H groups in total. The smallest absolute Gasteiger partial charge is 0.0400 e. The van der Waals surface area contributed by atoms with Crippen LogP contribution in [0.2, 0.25) is 0 Å². The van der Waals surface area contributed by atoms with Crippen molar-refractivity contribution in [2.75, 3.05) is 11.9 Å². The average molecular weight is 267 g/mol. The lowest BCUT2D eigenvalue weighted by molar-refractivity contribution is 0.557. The van der Waals surface area contributed by atoms with Crippen LogP contribution in [-0.4, -0.2) is 6.54 Å². The molecule has 0 amide bonds. The van der Waals surface area contributed by atoms with Crippen LogP contribution >= 0.6 is 0 Å².